The number of halogens is 1. The van der Waals surface area contributed by atoms with Crippen LogP contribution in [0.15, 0.2) is 18.2 Å². The molecule has 0 aromatic heterocycles. The molecule has 1 saturated carbocycles. The Balaban J connectivity index is 2.19. The predicted octanol–water partition coefficient (Wildman–Crippen LogP) is 3.54. The highest BCUT2D eigenvalue weighted by Gasteiger charge is 2.26. The van der Waals surface area contributed by atoms with Gasteiger partial charge in [0, 0.05) is 18.2 Å². The zero-order valence-corrected chi connectivity index (χ0v) is 11.1. The molecule has 0 heterocycles. The van der Waals surface area contributed by atoms with Crippen molar-refractivity contribution < 1.29 is 9.18 Å². The van der Waals surface area contributed by atoms with Crippen LogP contribution in [0.1, 0.15) is 48.5 Å². The molecule has 1 fully saturated rings. The van der Waals surface area contributed by atoms with Crippen molar-refractivity contribution in [3.05, 3.63) is 35.1 Å². The first-order chi connectivity index (χ1) is 8.63. The van der Waals surface area contributed by atoms with Crippen molar-refractivity contribution in [1.82, 2.24) is 4.90 Å². The van der Waals surface area contributed by atoms with E-state index in [9.17, 15) is 9.18 Å². The Morgan fingerprint density at radius 2 is 2.06 bits per heavy atom. The van der Waals surface area contributed by atoms with Gasteiger partial charge in [-0.3, -0.25) is 4.79 Å². The molecule has 0 N–H and O–H groups in total. The molecule has 0 radical (unpaired) electrons. The highest BCUT2D eigenvalue weighted by atomic mass is 19.1. The van der Waals surface area contributed by atoms with Gasteiger partial charge in [0.15, 0.2) is 0 Å². The van der Waals surface area contributed by atoms with Gasteiger partial charge < -0.3 is 4.90 Å². The number of aryl methyl sites for hydroxylation is 1. The van der Waals surface area contributed by atoms with Crippen LogP contribution in [0.3, 0.4) is 0 Å². The monoisotopic (exact) mass is 249 g/mol. The third kappa shape index (κ3) is 2.55. The lowest BCUT2D eigenvalue weighted by Crippen LogP contribution is -2.38. The van der Waals surface area contributed by atoms with Crippen LogP contribution in [0.4, 0.5) is 4.39 Å². The Labute approximate surface area is 108 Å². The molecule has 1 aromatic rings. The van der Waals surface area contributed by atoms with Crippen LogP contribution in [0.25, 0.3) is 0 Å². The Hall–Kier alpha value is -1.38. The first kappa shape index (κ1) is 13.1. The summed E-state index contributed by atoms with van der Waals surface area (Å²) < 4.78 is 13.2. The fourth-order valence-electron chi connectivity index (χ4n) is 2.73. The maximum atomic E-state index is 13.2. The second-order valence-corrected chi connectivity index (χ2v) is 4.99. The van der Waals surface area contributed by atoms with E-state index in [1.54, 1.807) is 19.1 Å². The quantitative estimate of drug-likeness (QED) is 0.802. The van der Waals surface area contributed by atoms with Crippen molar-refractivity contribution in [3.8, 4) is 0 Å². The van der Waals surface area contributed by atoms with Crippen molar-refractivity contribution in [1.29, 1.82) is 0 Å². The Morgan fingerprint density at radius 3 is 2.61 bits per heavy atom. The van der Waals surface area contributed by atoms with E-state index in [1.807, 2.05) is 11.8 Å². The van der Waals surface area contributed by atoms with E-state index in [1.165, 1.54) is 18.9 Å². The minimum absolute atomic E-state index is 0.0347. The molecule has 98 valence electrons. The van der Waals surface area contributed by atoms with Gasteiger partial charge in [-0.2, -0.15) is 0 Å². The van der Waals surface area contributed by atoms with Crippen LogP contribution in [-0.2, 0) is 0 Å². The zero-order valence-electron chi connectivity index (χ0n) is 11.1. The van der Waals surface area contributed by atoms with Crippen LogP contribution >= 0.6 is 0 Å². The Morgan fingerprint density at radius 1 is 1.39 bits per heavy atom. The fraction of sp³-hybridized carbons (Fsp3) is 0.533. The number of amides is 1. The Bertz CT molecular complexity index is 438. The third-order valence-electron chi connectivity index (χ3n) is 3.77. The smallest absolute Gasteiger partial charge is 0.254 e. The second kappa shape index (κ2) is 5.51. The number of benzene rings is 1. The van der Waals surface area contributed by atoms with Gasteiger partial charge >= 0.3 is 0 Å². The van der Waals surface area contributed by atoms with Crippen LogP contribution in [0.2, 0.25) is 0 Å². The molecule has 0 bridgehead atoms. The maximum absolute atomic E-state index is 13.2. The molecule has 2 rings (SSSR count). The van der Waals surface area contributed by atoms with E-state index in [4.69, 9.17) is 0 Å². The van der Waals surface area contributed by atoms with Gasteiger partial charge in [0.1, 0.15) is 5.82 Å². The number of hydrogen-bond donors (Lipinski definition) is 0. The topological polar surface area (TPSA) is 20.3 Å². The van der Waals surface area contributed by atoms with Gasteiger partial charge in [-0.15, -0.1) is 0 Å². The van der Waals surface area contributed by atoms with Crippen molar-refractivity contribution in [3.63, 3.8) is 0 Å². The molecule has 1 amide bonds. The highest BCUT2D eigenvalue weighted by Crippen LogP contribution is 2.25. The predicted molar refractivity (Wildman–Crippen MR) is 70.1 cm³/mol. The number of rotatable bonds is 3. The summed E-state index contributed by atoms with van der Waals surface area (Å²) in [5.41, 5.74) is 1.13. The standard InChI is InChI=1S/C15H20FNO/c1-3-17(13-6-4-5-7-13)15(18)12-8-9-14(16)11(2)10-12/h8-10,13H,3-7H2,1-2H3. The SMILES string of the molecule is CCN(C(=O)c1ccc(F)c(C)c1)C1CCCC1. The van der Waals surface area contributed by atoms with Crippen molar-refractivity contribution in [2.24, 2.45) is 0 Å². The van der Waals surface area contributed by atoms with E-state index in [2.05, 4.69) is 0 Å². The fourth-order valence-corrected chi connectivity index (χ4v) is 2.73. The molecule has 3 heteroatoms. The number of carbonyl (C=O) groups excluding carboxylic acids is 1. The summed E-state index contributed by atoms with van der Waals surface area (Å²) >= 11 is 0. The largest absolute Gasteiger partial charge is 0.336 e. The van der Waals surface area contributed by atoms with Gasteiger partial charge in [0.25, 0.3) is 5.91 Å². The van der Waals surface area contributed by atoms with E-state index in [0.717, 1.165) is 19.4 Å². The molecule has 1 aromatic carbocycles. The van der Waals surface area contributed by atoms with Gasteiger partial charge in [-0.25, -0.2) is 4.39 Å². The van der Waals surface area contributed by atoms with Crippen molar-refractivity contribution >= 4 is 5.91 Å². The average Bonchev–Trinajstić information content (AvgIpc) is 2.87. The Kier molecular flexibility index (Phi) is 4.00. The zero-order chi connectivity index (χ0) is 13.1. The van der Waals surface area contributed by atoms with Crippen molar-refractivity contribution in [2.75, 3.05) is 6.54 Å². The summed E-state index contributed by atoms with van der Waals surface area (Å²) in [4.78, 5) is 14.4. The highest BCUT2D eigenvalue weighted by molar-refractivity contribution is 5.94. The lowest BCUT2D eigenvalue weighted by Gasteiger charge is -2.27. The first-order valence-corrected chi connectivity index (χ1v) is 6.70. The van der Waals surface area contributed by atoms with Gasteiger partial charge in [0.2, 0.25) is 0 Å². The van der Waals surface area contributed by atoms with Crippen LogP contribution in [0.5, 0.6) is 0 Å². The average molecular weight is 249 g/mol. The molecule has 2 nitrogen and oxygen atoms in total. The van der Waals surface area contributed by atoms with Gasteiger partial charge in [-0.05, 0) is 50.5 Å². The molecular weight excluding hydrogens is 229 g/mol. The molecule has 0 aliphatic heterocycles. The number of nitrogens with zero attached hydrogens (tertiary/aromatic N) is 1. The molecule has 0 unspecified atom stereocenters. The maximum Gasteiger partial charge on any atom is 0.254 e. The molecule has 0 spiro atoms. The van der Waals surface area contributed by atoms with E-state index in [0.29, 0.717) is 17.2 Å². The molecule has 0 saturated heterocycles. The summed E-state index contributed by atoms with van der Waals surface area (Å²) in [6, 6.07) is 4.98. The second-order valence-electron chi connectivity index (χ2n) is 4.99. The van der Waals surface area contributed by atoms with Gasteiger partial charge in [-0.1, -0.05) is 12.8 Å². The summed E-state index contributed by atoms with van der Waals surface area (Å²) in [5.74, 6) is -0.219. The summed E-state index contributed by atoms with van der Waals surface area (Å²) in [6.45, 7) is 4.42. The van der Waals surface area contributed by atoms with Crippen LogP contribution in [-0.4, -0.2) is 23.4 Å². The molecular formula is C15H20FNO. The minimum Gasteiger partial charge on any atom is -0.336 e. The van der Waals surface area contributed by atoms with Crippen LogP contribution in [0, 0.1) is 12.7 Å². The number of hydrogen-bond acceptors (Lipinski definition) is 1. The molecule has 0 atom stereocenters. The van der Waals surface area contributed by atoms with Crippen molar-refractivity contribution in [2.45, 2.75) is 45.6 Å². The van der Waals surface area contributed by atoms with E-state index < -0.39 is 0 Å². The third-order valence-corrected chi connectivity index (χ3v) is 3.77. The van der Waals surface area contributed by atoms with Crippen LogP contribution < -0.4 is 0 Å². The number of carbonyl (C=O) groups is 1. The lowest BCUT2D eigenvalue weighted by molar-refractivity contribution is 0.0693. The first-order valence-electron chi connectivity index (χ1n) is 6.70. The molecule has 1 aliphatic carbocycles. The van der Waals surface area contributed by atoms with E-state index in [-0.39, 0.29) is 11.7 Å². The molecule has 1 aliphatic rings. The normalized spacial score (nSPS) is 15.9. The van der Waals surface area contributed by atoms with Gasteiger partial charge in [0.05, 0.1) is 0 Å². The minimum atomic E-state index is -0.254. The lowest BCUT2D eigenvalue weighted by atomic mass is 10.1. The summed E-state index contributed by atoms with van der Waals surface area (Å²) in [7, 11) is 0. The summed E-state index contributed by atoms with van der Waals surface area (Å²) in [5, 5.41) is 0. The summed E-state index contributed by atoms with van der Waals surface area (Å²) in [6.07, 6.45) is 4.60. The molecule has 18 heavy (non-hydrogen) atoms. The van der Waals surface area contributed by atoms with E-state index >= 15 is 0 Å².